The van der Waals surface area contributed by atoms with Gasteiger partial charge in [-0.15, -0.1) is 0 Å². The van der Waals surface area contributed by atoms with E-state index in [1.54, 1.807) is 0 Å². The molecule has 94 valence electrons. The molecule has 0 radical (unpaired) electrons. The van der Waals surface area contributed by atoms with E-state index < -0.39 is 0 Å². The predicted molar refractivity (Wildman–Crippen MR) is 72.6 cm³/mol. The fraction of sp³-hybridized carbons (Fsp3) is 0.643. The summed E-state index contributed by atoms with van der Waals surface area (Å²) < 4.78 is 0. The highest BCUT2D eigenvalue weighted by Crippen LogP contribution is 2.19. The van der Waals surface area contributed by atoms with Crippen LogP contribution < -0.4 is 4.90 Å². The Hall–Kier alpha value is -1.09. The summed E-state index contributed by atoms with van der Waals surface area (Å²) in [6.45, 7) is 9.95. The van der Waals surface area contributed by atoms with Crippen molar-refractivity contribution >= 4 is 5.82 Å². The number of rotatable bonds is 2. The van der Waals surface area contributed by atoms with Gasteiger partial charge in [0.2, 0.25) is 0 Å². The van der Waals surface area contributed by atoms with Crippen LogP contribution in [-0.4, -0.2) is 42.6 Å². The summed E-state index contributed by atoms with van der Waals surface area (Å²) in [5, 5.41) is 0. The molecular formula is C14H23N3. The van der Waals surface area contributed by atoms with Crippen LogP contribution in [0.25, 0.3) is 0 Å². The highest BCUT2D eigenvalue weighted by atomic mass is 15.3. The average molecular weight is 233 g/mol. The lowest BCUT2D eigenvalue weighted by Crippen LogP contribution is -2.50. The van der Waals surface area contributed by atoms with Crippen LogP contribution in [0.3, 0.4) is 0 Å². The van der Waals surface area contributed by atoms with Crippen molar-refractivity contribution in [2.45, 2.75) is 32.7 Å². The molecule has 1 aliphatic rings. The van der Waals surface area contributed by atoms with Crippen molar-refractivity contribution in [3.8, 4) is 0 Å². The Kier molecular flexibility index (Phi) is 3.67. The SMILES string of the molecule is CC(C)c1ccc(N2CCN(C)C(C)C2)nc1. The van der Waals surface area contributed by atoms with Crippen LogP contribution in [0.2, 0.25) is 0 Å². The summed E-state index contributed by atoms with van der Waals surface area (Å²) in [7, 11) is 2.19. The normalized spacial score (nSPS) is 22.2. The minimum absolute atomic E-state index is 0.558. The molecule has 0 aromatic carbocycles. The van der Waals surface area contributed by atoms with Crippen molar-refractivity contribution in [2.75, 3.05) is 31.6 Å². The molecule has 0 aliphatic carbocycles. The molecule has 3 nitrogen and oxygen atoms in total. The highest BCUT2D eigenvalue weighted by Gasteiger charge is 2.21. The van der Waals surface area contributed by atoms with Crippen molar-refractivity contribution in [1.82, 2.24) is 9.88 Å². The molecule has 1 unspecified atom stereocenters. The maximum Gasteiger partial charge on any atom is 0.128 e. The summed E-state index contributed by atoms with van der Waals surface area (Å²) >= 11 is 0. The van der Waals surface area contributed by atoms with E-state index in [2.05, 4.69) is 54.7 Å². The van der Waals surface area contributed by atoms with Gasteiger partial charge >= 0.3 is 0 Å². The van der Waals surface area contributed by atoms with Gasteiger partial charge < -0.3 is 9.80 Å². The Labute approximate surface area is 104 Å². The Balaban J connectivity index is 2.07. The fourth-order valence-electron chi connectivity index (χ4n) is 2.18. The van der Waals surface area contributed by atoms with Crippen molar-refractivity contribution in [2.24, 2.45) is 0 Å². The number of anilines is 1. The fourth-order valence-corrected chi connectivity index (χ4v) is 2.18. The third-order valence-electron chi connectivity index (χ3n) is 3.72. The van der Waals surface area contributed by atoms with Crippen LogP contribution in [0.15, 0.2) is 18.3 Å². The van der Waals surface area contributed by atoms with Gasteiger partial charge in [-0.05, 0) is 31.5 Å². The third-order valence-corrected chi connectivity index (χ3v) is 3.72. The molecule has 1 aromatic heterocycles. The Morgan fingerprint density at radius 3 is 2.59 bits per heavy atom. The Bertz CT molecular complexity index is 358. The molecule has 0 bridgehead atoms. The maximum atomic E-state index is 4.59. The first kappa shape index (κ1) is 12.4. The van der Waals surface area contributed by atoms with Gasteiger partial charge in [-0.2, -0.15) is 0 Å². The molecule has 0 saturated carbocycles. The molecule has 2 heterocycles. The molecule has 1 atom stereocenters. The summed E-state index contributed by atoms with van der Waals surface area (Å²) in [6.07, 6.45) is 2.02. The van der Waals surface area contributed by atoms with Gasteiger partial charge in [0.15, 0.2) is 0 Å². The van der Waals surface area contributed by atoms with Gasteiger partial charge in [0, 0.05) is 31.9 Å². The molecule has 1 saturated heterocycles. The van der Waals surface area contributed by atoms with Crippen LogP contribution in [0.4, 0.5) is 5.82 Å². The van der Waals surface area contributed by atoms with Gasteiger partial charge in [-0.3, -0.25) is 0 Å². The van der Waals surface area contributed by atoms with Gasteiger partial charge in [-0.1, -0.05) is 19.9 Å². The quantitative estimate of drug-likeness (QED) is 0.781. The topological polar surface area (TPSA) is 19.4 Å². The first-order valence-electron chi connectivity index (χ1n) is 6.49. The number of hydrogen-bond acceptors (Lipinski definition) is 3. The molecule has 3 heteroatoms. The second kappa shape index (κ2) is 5.05. The lowest BCUT2D eigenvalue weighted by Gasteiger charge is -2.38. The first-order chi connectivity index (χ1) is 8.08. The number of hydrogen-bond donors (Lipinski definition) is 0. The second-order valence-corrected chi connectivity index (χ2v) is 5.38. The second-order valence-electron chi connectivity index (χ2n) is 5.38. The monoisotopic (exact) mass is 233 g/mol. The van der Waals surface area contributed by atoms with Gasteiger partial charge in [0.1, 0.15) is 5.82 Å². The van der Waals surface area contributed by atoms with Crippen molar-refractivity contribution < 1.29 is 0 Å². The van der Waals surface area contributed by atoms with E-state index >= 15 is 0 Å². The summed E-state index contributed by atoms with van der Waals surface area (Å²) in [4.78, 5) is 9.38. The van der Waals surface area contributed by atoms with Crippen molar-refractivity contribution in [3.63, 3.8) is 0 Å². The summed E-state index contributed by atoms with van der Waals surface area (Å²) in [6, 6.07) is 4.97. The number of aromatic nitrogens is 1. The number of pyridine rings is 1. The molecule has 0 spiro atoms. The lowest BCUT2D eigenvalue weighted by molar-refractivity contribution is 0.233. The third kappa shape index (κ3) is 2.78. The van der Waals surface area contributed by atoms with E-state index in [-0.39, 0.29) is 0 Å². The number of piperazine rings is 1. The van der Waals surface area contributed by atoms with Crippen molar-refractivity contribution in [3.05, 3.63) is 23.9 Å². The molecular weight excluding hydrogens is 210 g/mol. The van der Waals surface area contributed by atoms with Crippen LogP contribution in [-0.2, 0) is 0 Å². The van der Waals surface area contributed by atoms with E-state index in [9.17, 15) is 0 Å². The van der Waals surface area contributed by atoms with Gasteiger partial charge in [0.05, 0.1) is 0 Å². The smallest absolute Gasteiger partial charge is 0.128 e. The molecule has 1 aromatic rings. The minimum atomic E-state index is 0.558. The van der Waals surface area contributed by atoms with Gasteiger partial charge in [0.25, 0.3) is 0 Å². The molecule has 17 heavy (non-hydrogen) atoms. The maximum absolute atomic E-state index is 4.59. The van der Waals surface area contributed by atoms with E-state index in [1.807, 2.05) is 6.20 Å². The molecule has 0 amide bonds. The molecule has 2 rings (SSSR count). The zero-order chi connectivity index (χ0) is 12.4. The zero-order valence-corrected chi connectivity index (χ0v) is 11.3. The zero-order valence-electron chi connectivity index (χ0n) is 11.3. The minimum Gasteiger partial charge on any atom is -0.354 e. The van der Waals surface area contributed by atoms with Crippen LogP contribution >= 0.6 is 0 Å². The summed E-state index contributed by atoms with van der Waals surface area (Å²) in [5.74, 6) is 1.68. The molecule has 1 fully saturated rings. The predicted octanol–water partition coefficient (Wildman–Crippen LogP) is 2.35. The standard InChI is InChI=1S/C14H23N3/c1-11(2)13-5-6-14(15-9-13)17-8-7-16(4)12(3)10-17/h5-6,9,11-12H,7-8,10H2,1-4H3. The van der Waals surface area contributed by atoms with E-state index in [0.29, 0.717) is 12.0 Å². The lowest BCUT2D eigenvalue weighted by atomic mass is 10.1. The van der Waals surface area contributed by atoms with Crippen LogP contribution in [0.5, 0.6) is 0 Å². The number of nitrogens with zero attached hydrogens (tertiary/aromatic N) is 3. The van der Waals surface area contributed by atoms with Gasteiger partial charge in [-0.25, -0.2) is 4.98 Å². The van der Waals surface area contributed by atoms with E-state index in [4.69, 9.17) is 0 Å². The van der Waals surface area contributed by atoms with E-state index in [0.717, 1.165) is 25.5 Å². The largest absolute Gasteiger partial charge is 0.354 e. The summed E-state index contributed by atoms with van der Waals surface area (Å²) in [5.41, 5.74) is 1.32. The highest BCUT2D eigenvalue weighted by molar-refractivity contribution is 5.40. The first-order valence-corrected chi connectivity index (χ1v) is 6.49. The van der Waals surface area contributed by atoms with Crippen molar-refractivity contribution in [1.29, 1.82) is 0 Å². The molecule has 0 N–H and O–H groups in total. The number of likely N-dealkylation sites (N-methyl/N-ethyl adjacent to an activating group) is 1. The Morgan fingerprint density at radius 1 is 1.29 bits per heavy atom. The van der Waals surface area contributed by atoms with Crippen LogP contribution in [0.1, 0.15) is 32.3 Å². The average Bonchev–Trinajstić information content (AvgIpc) is 2.33. The van der Waals surface area contributed by atoms with Crippen LogP contribution in [0, 0.1) is 0 Å². The Morgan fingerprint density at radius 2 is 2.06 bits per heavy atom. The van der Waals surface area contributed by atoms with E-state index in [1.165, 1.54) is 5.56 Å². The molecule has 1 aliphatic heterocycles.